The fourth-order valence-electron chi connectivity index (χ4n) is 4.11. The number of rotatable bonds is 5. The maximum absolute atomic E-state index is 9.75. The highest BCUT2D eigenvalue weighted by Gasteiger charge is 2.24. The Morgan fingerprint density at radius 2 is 0.947 bits per heavy atom. The summed E-state index contributed by atoms with van der Waals surface area (Å²) in [6.45, 7) is 0.625. The van der Waals surface area contributed by atoms with Gasteiger partial charge >= 0.3 is 7.25 Å². The molecular weight excluding hydrogens is 532 g/mol. The lowest BCUT2D eigenvalue weighted by atomic mass is 9.98. The summed E-state index contributed by atoms with van der Waals surface area (Å²) in [5, 5.41) is 1.31. The molecule has 192 valence electrons. The van der Waals surface area contributed by atoms with Gasteiger partial charge in [-0.1, -0.05) is 89.9 Å². The molecule has 0 spiro atoms. The molecule has 0 amide bonds. The molecule has 0 bridgehead atoms. The van der Waals surface area contributed by atoms with E-state index in [-0.39, 0.29) is 0 Å². The highest BCUT2D eigenvalue weighted by atomic mass is 35.5. The average molecular weight is 554 g/mol. The van der Waals surface area contributed by atoms with Crippen molar-refractivity contribution in [2.24, 2.45) is 0 Å². The first-order valence-corrected chi connectivity index (χ1v) is 12.5. The fraction of sp³-hybridized carbons (Fsp3) is 0.0333. The molecule has 0 atom stereocenters. The average Bonchev–Trinajstić information content (AvgIpc) is 2.91. The molecule has 0 aliphatic heterocycles. The first-order valence-electron chi connectivity index (χ1n) is 11.7. The number of halogens is 6. The molecule has 1 heterocycles. The largest absolute Gasteiger partial charge is 0.673 e. The lowest BCUT2D eigenvalue weighted by Gasteiger charge is -2.14. The van der Waals surface area contributed by atoms with Crippen molar-refractivity contribution in [3.8, 4) is 33.6 Å². The Morgan fingerprint density at radius 3 is 1.37 bits per heavy atom. The van der Waals surface area contributed by atoms with Crippen LogP contribution >= 0.6 is 23.2 Å². The predicted molar refractivity (Wildman–Crippen MR) is 149 cm³/mol. The summed E-state index contributed by atoms with van der Waals surface area (Å²) in [6, 6.07) is 41.7. The molecule has 8 heteroatoms. The zero-order valence-electron chi connectivity index (χ0n) is 20.0. The van der Waals surface area contributed by atoms with Crippen LogP contribution in [-0.2, 0) is 6.54 Å². The van der Waals surface area contributed by atoms with Crippen LogP contribution in [0.2, 0.25) is 10.0 Å². The third kappa shape index (κ3) is 7.47. The van der Waals surface area contributed by atoms with Gasteiger partial charge in [-0.15, -0.1) is 0 Å². The van der Waals surface area contributed by atoms with E-state index in [4.69, 9.17) is 23.2 Å². The Hall–Kier alpha value is -3.61. The molecule has 4 aromatic carbocycles. The van der Waals surface area contributed by atoms with E-state index in [0.717, 1.165) is 28.1 Å². The van der Waals surface area contributed by atoms with Crippen molar-refractivity contribution in [2.45, 2.75) is 6.54 Å². The molecule has 5 rings (SSSR count). The molecular formula is C30H22BCl2F4N. The third-order valence-electron chi connectivity index (χ3n) is 5.76. The minimum absolute atomic E-state index is 0.625. The molecule has 5 aromatic rings. The van der Waals surface area contributed by atoms with Crippen LogP contribution in [0.5, 0.6) is 0 Å². The smallest absolute Gasteiger partial charge is 0.418 e. The van der Waals surface area contributed by atoms with Crippen LogP contribution in [0.4, 0.5) is 17.3 Å². The lowest BCUT2D eigenvalue weighted by Crippen LogP contribution is -2.39. The fourth-order valence-corrected chi connectivity index (χ4v) is 4.57. The van der Waals surface area contributed by atoms with Gasteiger partial charge in [0, 0.05) is 33.8 Å². The summed E-state index contributed by atoms with van der Waals surface area (Å²) >= 11 is 12.8. The van der Waals surface area contributed by atoms with Gasteiger partial charge in [-0.05, 0) is 53.6 Å². The van der Waals surface area contributed by atoms with E-state index in [9.17, 15) is 17.3 Å². The Labute approximate surface area is 229 Å². The molecule has 0 fully saturated rings. The van der Waals surface area contributed by atoms with Gasteiger partial charge < -0.3 is 17.3 Å². The van der Waals surface area contributed by atoms with Gasteiger partial charge in [-0.3, -0.25) is 0 Å². The first-order chi connectivity index (χ1) is 18.2. The van der Waals surface area contributed by atoms with E-state index in [1.165, 1.54) is 11.1 Å². The molecule has 0 unspecified atom stereocenters. The summed E-state index contributed by atoms with van der Waals surface area (Å²) in [6.07, 6.45) is 0. The Kier molecular flexibility index (Phi) is 8.87. The molecule has 0 radical (unpaired) electrons. The zero-order valence-corrected chi connectivity index (χ0v) is 21.6. The van der Waals surface area contributed by atoms with Crippen molar-refractivity contribution in [3.05, 3.63) is 137 Å². The van der Waals surface area contributed by atoms with Crippen LogP contribution in [0.15, 0.2) is 121 Å². The van der Waals surface area contributed by atoms with Gasteiger partial charge in [0.05, 0.1) is 5.02 Å². The summed E-state index contributed by atoms with van der Waals surface area (Å²) in [5.74, 6) is 0. The van der Waals surface area contributed by atoms with Crippen molar-refractivity contribution in [3.63, 3.8) is 0 Å². The van der Waals surface area contributed by atoms with Crippen LogP contribution in [0, 0.1) is 0 Å². The second-order valence-corrected chi connectivity index (χ2v) is 9.27. The lowest BCUT2D eigenvalue weighted by molar-refractivity contribution is -0.666. The molecule has 0 aliphatic carbocycles. The standard InChI is InChI=1S/C30H22Cl2N.BF4/c31-27-17-16-25(28(32)20-27)21-33-29(23-12-6-2-7-13-23)18-26(22-10-4-1-5-11-22)19-30(33)24-14-8-3-9-15-24;2-1(3,4)5/h1-20H,21H2;/q+1;-1. The van der Waals surface area contributed by atoms with E-state index < -0.39 is 7.25 Å². The number of hydrogen-bond donors (Lipinski definition) is 0. The van der Waals surface area contributed by atoms with Crippen LogP contribution in [0.1, 0.15) is 5.56 Å². The van der Waals surface area contributed by atoms with Gasteiger partial charge in [0.25, 0.3) is 0 Å². The van der Waals surface area contributed by atoms with Crippen LogP contribution in [0.25, 0.3) is 33.6 Å². The Balaban J connectivity index is 0.000000617. The summed E-state index contributed by atoms with van der Waals surface area (Å²) in [7, 11) is -6.00. The van der Waals surface area contributed by atoms with Crippen molar-refractivity contribution in [2.75, 3.05) is 0 Å². The minimum atomic E-state index is -6.00. The molecule has 1 aromatic heterocycles. The van der Waals surface area contributed by atoms with Gasteiger partial charge in [0.1, 0.15) is 0 Å². The van der Waals surface area contributed by atoms with Crippen molar-refractivity contribution in [1.29, 1.82) is 0 Å². The number of pyridine rings is 1. The van der Waals surface area contributed by atoms with Crippen molar-refractivity contribution in [1.82, 2.24) is 0 Å². The normalized spacial score (nSPS) is 11.0. The Morgan fingerprint density at radius 1 is 0.526 bits per heavy atom. The monoisotopic (exact) mass is 553 g/mol. The van der Waals surface area contributed by atoms with E-state index in [0.29, 0.717) is 16.6 Å². The van der Waals surface area contributed by atoms with Crippen molar-refractivity contribution < 1.29 is 21.8 Å². The molecule has 1 nitrogen and oxygen atoms in total. The first kappa shape index (κ1) is 27.4. The van der Waals surface area contributed by atoms with Crippen molar-refractivity contribution >= 4 is 30.5 Å². The van der Waals surface area contributed by atoms with Gasteiger partial charge in [0.2, 0.25) is 11.4 Å². The molecule has 38 heavy (non-hydrogen) atoms. The predicted octanol–water partition coefficient (Wildman–Crippen LogP) is 9.63. The highest BCUT2D eigenvalue weighted by Crippen LogP contribution is 2.30. The third-order valence-corrected chi connectivity index (χ3v) is 6.34. The SMILES string of the molecule is Clc1ccc(C[n+]2c(-c3ccccc3)cc(-c3ccccc3)cc2-c2ccccc2)c(Cl)c1.F[B-](F)(F)F. The Bertz CT molecular complexity index is 1430. The topological polar surface area (TPSA) is 3.88 Å². The summed E-state index contributed by atoms with van der Waals surface area (Å²) in [4.78, 5) is 0. The second kappa shape index (κ2) is 12.3. The quantitative estimate of drug-likeness (QED) is 0.116. The van der Waals surface area contributed by atoms with Crippen LogP contribution in [0.3, 0.4) is 0 Å². The van der Waals surface area contributed by atoms with Gasteiger partial charge in [0.15, 0.2) is 6.54 Å². The highest BCUT2D eigenvalue weighted by molar-refractivity contribution is 6.50. The maximum Gasteiger partial charge on any atom is 0.673 e. The number of aromatic nitrogens is 1. The van der Waals surface area contributed by atoms with E-state index >= 15 is 0 Å². The molecule has 0 N–H and O–H groups in total. The van der Waals surface area contributed by atoms with Crippen LogP contribution < -0.4 is 4.57 Å². The minimum Gasteiger partial charge on any atom is -0.418 e. The second-order valence-electron chi connectivity index (χ2n) is 8.43. The van der Waals surface area contributed by atoms with E-state index in [1.54, 1.807) is 0 Å². The molecule has 0 saturated carbocycles. The molecule has 0 saturated heterocycles. The van der Waals surface area contributed by atoms with Gasteiger partial charge in [-0.25, -0.2) is 0 Å². The summed E-state index contributed by atoms with van der Waals surface area (Å²) in [5.41, 5.74) is 7.93. The number of hydrogen-bond acceptors (Lipinski definition) is 0. The summed E-state index contributed by atoms with van der Waals surface area (Å²) < 4.78 is 41.3. The van der Waals surface area contributed by atoms with Gasteiger partial charge in [-0.2, -0.15) is 4.57 Å². The van der Waals surface area contributed by atoms with E-state index in [1.807, 2.05) is 36.4 Å². The number of benzene rings is 4. The molecule has 0 aliphatic rings. The number of nitrogens with zero attached hydrogens (tertiary/aromatic N) is 1. The van der Waals surface area contributed by atoms with E-state index in [2.05, 4.69) is 89.5 Å². The van der Waals surface area contributed by atoms with Crippen LogP contribution in [-0.4, -0.2) is 7.25 Å². The maximum atomic E-state index is 9.75. The zero-order chi connectivity index (χ0) is 27.1.